The smallest absolute Gasteiger partial charge is 0.410 e. The zero-order valence-corrected chi connectivity index (χ0v) is 24.3. The fourth-order valence-corrected chi connectivity index (χ4v) is 5.52. The number of carbonyl (C=O) groups excluding carboxylic acids is 2. The van der Waals surface area contributed by atoms with Gasteiger partial charge in [0.2, 0.25) is 5.91 Å². The van der Waals surface area contributed by atoms with E-state index in [4.69, 9.17) is 9.47 Å². The standard InChI is InChI=1S/C32H37FN4O4/c1-21-20-35(16-17-36(21)31(39)41-32(2,3)4)28-19-23(13-14-34-28)25-9-6-8-24(30(25)40-5)22-11-12-27(26(33)18-22)37-15-7-10-29(37)38/h6,8-9,11-14,18-19,21H,7,10,15-17,20H2,1-5H3/t21-/m1/s1. The first-order valence-corrected chi connectivity index (χ1v) is 14.0. The fraction of sp³-hybridized carbons (Fsp3) is 0.406. The van der Waals surface area contributed by atoms with Crippen LogP contribution < -0.4 is 14.5 Å². The van der Waals surface area contributed by atoms with Crippen LogP contribution in [0.2, 0.25) is 0 Å². The second-order valence-corrected chi connectivity index (χ2v) is 11.6. The molecule has 9 heteroatoms. The predicted molar refractivity (Wildman–Crippen MR) is 158 cm³/mol. The van der Waals surface area contributed by atoms with Crippen molar-refractivity contribution in [1.29, 1.82) is 0 Å². The monoisotopic (exact) mass is 560 g/mol. The molecule has 41 heavy (non-hydrogen) atoms. The van der Waals surface area contributed by atoms with Crippen LogP contribution in [0.5, 0.6) is 5.75 Å². The molecule has 216 valence electrons. The zero-order chi connectivity index (χ0) is 29.3. The van der Waals surface area contributed by atoms with E-state index >= 15 is 4.39 Å². The van der Waals surface area contributed by atoms with Crippen molar-refractivity contribution in [2.45, 2.75) is 52.2 Å². The summed E-state index contributed by atoms with van der Waals surface area (Å²) in [5.74, 6) is 0.940. The molecule has 0 radical (unpaired) electrons. The third kappa shape index (κ3) is 5.99. The molecule has 3 heterocycles. The Morgan fingerprint density at radius 1 is 1.02 bits per heavy atom. The number of anilines is 2. The maximum absolute atomic E-state index is 15.2. The number of benzene rings is 2. The maximum atomic E-state index is 15.2. The Balaban J connectivity index is 1.39. The third-order valence-electron chi connectivity index (χ3n) is 7.48. The molecule has 0 aliphatic carbocycles. The maximum Gasteiger partial charge on any atom is 0.410 e. The van der Waals surface area contributed by atoms with Gasteiger partial charge < -0.3 is 24.2 Å². The number of amides is 2. The molecule has 0 bridgehead atoms. The van der Waals surface area contributed by atoms with Gasteiger partial charge in [-0.3, -0.25) is 4.79 Å². The highest BCUT2D eigenvalue weighted by atomic mass is 19.1. The first-order chi connectivity index (χ1) is 19.6. The van der Waals surface area contributed by atoms with Gasteiger partial charge in [0.15, 0.2) is 0 Å². The van der Waals surface area contributed by atoms with Crippen molar-refractivity contribution >= 4 is 23.5 Å². The number of pyridine rings is 1. The van der Waals surface area contributed by atoms with Crippen LogP contribution in [0.15, 0.2) is 54.7 Å². The van der Waals surface area contributed by atoms with Crippen molar-refractivity contribution in [3.8, 4) is 28.0 Å². The van der Waals surface area contributed by atoms with Crippen molar-refractivity contribution in [1.82, 2.24) is 9.88 Å². The Hall–Kier alpha value is -4.14. The summed E-state index contributed by atoms with van der Waals surface area (Å²) in [6, 6.07) is 14.6. The van der Waals surface area contributed by atoms with Crippen molar-refractivity contribution in [3.63, 3.8) is 0 Å². The molecule has 2 saturated heterocycles. The highest BCUT2D eigenvalue weighted by molar-refractivity contribution is 5.96. The Labute approximate surface area is 240 Å². The number of hydrogen-bond acceptors (Lipinski definition) is 6. The van der Waals surface area contributed by atoms with Gasteiger partial charge in [-0.25, -0.2) is 14.2 Å². The average molecular weight is 561 g/mol. The van der Waals surface area contributed by atoms with Crippen LogP contribution >= 0.6 is 0 Å². The molecule has 2 aromatic carbocycles. The lowest BCUT2D eigenvalue weighted by atomic mass is 9.97. The molecule has 0 spiro atoms. The van der Waals surface area contributed by atoms with Gasteiger partial charge in [-0.2, -0.15) is 0 Å². The molecule has 0 N–H and O–H groups in total. The van der Waals surface area contributed by atoms with Crippen LogP contribution in [0.1, 0.15) is 40.5 Å². The number of rotatable bonds is 5. The van der Waals surface area contributed by atoms with Crippen LogP contribution in [0.4, 0.5) is 20.7 Å². The first kappa shape index (κ1) is 28.4. The zero-order valence-electron chi connectivity index (χ0n) is 24.3. The molecule has 1 atom stereocenters. The summed E-state index contributed by atoms with van der Waals surface area (Å²) in [5, 5.41) is 0. The van der Waals surface area contributed by atoms with Gasteiger partial charge in [0, 0.05) is 56.0 Å². The second-order valence-electron chi connectivity index (χ2n) is 11.6. The largest absolute Gasteiger partial charge is 0.495 e. The molecule has 5 rings (SSSR count). The van der Waals surface area contributed by atoms with E-state index in [1.807, 2.05) is 64.1 Å². The number of nitrogens with zero attached hydrogens (tertiary/aromatic N) is 4. The van der Waals surface area contributed by atoms with E-state index in [0.717, 1.165) is 28.9 Å². The van der Waals surface area contributed by atoms with E-state index in [1.165, 1.54) is 11.0 Å². The number of halogens is 1. The summed E-state index contributed by atoms with van der Waals surface area (Å²) in [6.45, 7) is 9.93. The van der Waals surface area contributed by atoms with E-state index in [0.29, 0.717) is 49.6 Å². The summed E-state index contributed by atoms with van der Waals surface area (Å²) in [6.07, 6.45) is 2.65. The van der Waals surface area contributed by atoms with Crippen molar-refractivity contribution in [3.05, 3.63) is 60.5 Å². The van der Waals surface area contributed by atoms with Gasteiger partial charge >= 0.3 is 6.09 Å². The molecule has 1 aromatic heterocycles. The Morgan fingerprint density at radius 3 is 2.37 bits per heavy atom. The lowest BCUT2D eigenvalue weighted by Gasteiger charge is -2.40. The van der Waals surface area contributed by atoms with E-state index in [2.05, 4.69) is 9.88 Å². The summed E-state index contributed by atoms with van der Waals surface area (Å²) >= 11 is 0. The quantitative estimate of drug-likeness (QED) is 0.374. The normalized spacial score (nSPS) is 17.7. The highest BCUT2D eigenvalue weighted by Gasteiger charge is 2.31. The Morgan fingerprint density at radius 2 is 1.76 bits per heavy atom. The number of hydrogen-bond donors (Lipinski definition) is 0. The SMILES string of the molecule is COc1c(-c2ccnc(N3CCN(C(=O)OC(C)(C)C)[C@H](C)C3)c2)cccc1-c1ccc(N2CCCC2=O)c(F)c1. The minimum Gasteiger partial charge on any atom is -0.495 e. The predicted octanol–water partition coefficient (Wildman–Crippen LogP) is 6.14. The lowest BCUT2D eigenvalue weighted by molar-refractivity contribution is -0.117. The molecule has 3 aromatic rings. The molecule has 0 saturated carbocycles. The van der Waals surface area contributed by atoms with Crippen molar-refractivity contribution < 1.29 is 23.5 Å². The summed E-state index contributed by atoms with van der Waals surface area (Å²) < 4.78 is 26.6. The van der Waals surface area contributed by atoms with E-state index in [1.54, 1.807) is 24.3 Å². The Bertz CT molecular complexity index is 1450. The van der Waals surface area contributed by atoms with Gasteiger partial charge in [-0.1, -0.05) is 24.3 Å². The van der Waals surface area contributed by atoms with Crippen LogP contribution in [-0.4, -0.2) is 66.8 Å². The van der Waals surface area contributed by atoms with Gasteiger partial charge in [-0.15, -0.1) is 0 Å². The molecule has 0 unspecified atom stereocenters. The molecular weight excluding hydrogens is 523 g/mol. The van der Waals surface area contributed by atoms with Crippen molar-refractivity contribution in [2.24, 2.45) is 0 Å². The van der Waals surface area contributed by atoms with E-state index < -0.39 is 11.4 Å². The minimum atomic E-state index is -0.543. The summed E-state index contributed by atoms with van der Waals surface area (Å²) in [5.41, 5.74) is 2.95. The fourth-order valence-electron chi connectivity index (χ4n) is 5.52. The summed E-state index contributed by atoms with van der Waals surface area (Å²) in [7, 11) is 1.61. The van der Waals surface area contributed by atoms with E-state index in [-0.39, 0.29) is 18.0 Å². The molecule has 2 amide bonds. The van der Waals surface area contributed by atoms with Crippen LogP contribution in [0.25, 0.3) is 22.3 Å². The van der Waals surface area contributed by atoms with Gasteiger partial charge in [0.05, 0.1) is 12.8 Å². The number of ether oxygens (including phenoxy) is 2. The number of para-hydroxylation sites is 1. The van der Waals surface area contributed by atoms with Crippen molar-refractivity contribution in [2.75, 3.05) is 43.1 Å². The third-order valence-corrected chi connectivity index (χ3v) is 7.48. The molecule has 2 aliphatic rings. The van der Waals surface area contributed by atoms with Gasteiger partial charge in [-0.05, 0) is 69.5 Å². The van der Waals surface area contributed by atoms with Crippen LogP contribution in [-0.2, 0) is 9.53 Å². The molecule has 8 nitrogen and oxygen atoms in total. The average Bonchev–Trinajstić information content (AvgIpc) is 3.36. The lowest BCUT2D eigenvalue weighted by Crippen LogP contribution is -2.55. The number of aromatic nitrogens is 1. The molecule has 2 aliphatic heterocycles. The topological polar surface area (TPSA) is 75.2 Å². The van der Waals surface area contributed by atoms with Gasteiger partial charge in [0.25, 0.3) is 0 Å². The van der Waals surface area contributed by atoms with Crippen LogP contribution in [0.3, 0.4) is 0 Å². The Kier molecular flexibility index (Phi) is 7.89. The molecular formula is C32H37FN4O4. The summed E-state index contributed by atoms with van der Waals surface area (Å²) in [4.78, 5) is 34.9. The highest BCUT2D eigenvalue weighted by Crippen LogP contribution is 2.40. The minimum absolute atomic E-state index is 0.0457. The van der Waals surface area contributed by atoms with Gasteiger partial charge in [0.1, 0.15) is 23.0 Å². The molecule has 2 fully saturated rings. The van der Waals surface area contributed by atoms with E-state index in [9.17, 15) is 9.59 Å². The van der Waals surface area contributed by atoms with Crippen LogP contribution in [0, 0.1) is 5.82 Å². The second kappa shape index (κ2) is 11.4. The number of piperazine rings is 1. The number of carbonyl (C=O) groups is 2. The first-order valence-electron chi connectivity index (χ1n) is 14.0. The number of methoxy groups -OCH3 is 1.